The van der Waals surface area contributed by atoms with Crippen molar-refractivity contribution in [2.45, 2.75) is 69.9 Å². The van der Waals surface area contributed by atoms with Gasteiger partial charge in [0.05, 0.1) is 6.42 Å². The van der Waals surface area contributed by atoms with Crippen LogP contribution in [-0.2, 0) is 4.79 Å². The first-order valence-electron chi connectivity index (χ1n) is 8.46. The van der Waals surface area contributed by atoms with E-state index in [1.54, 1.807) is 0 Å². The fraction of sp³-hybridized carbons (Fsp3) is 0.875. The zero-order chi connectivity index (χ0) is 14.8. The number of aliphatic carboxylic acids is 1. The van der Waals surface area contributed by atoms with E-state index in [1.165, 1.54) is 25.7 Å². The summed E-state index contributed by atoms with van der Waals surface area (Å²) in [7, 11) is 0. The van der Waals surface area contributed by atoms with Crippen molar-refractivity contribution < 1.29 is 14.7 Å². The second-order valence-electron chi connectivity index (χ2n) is 6.82. The van der Waals surface area contributed by atoms with Crippen LogP contribution in [0.15, 0.2) is 0 Å². The molecular formula is C16H26N2O3. The first-order valence-corrected chi connectivity index (χ1v) is 8.46. The maximum absolute atomic E-state index is 12.9. The molecule has 0 aromatic rings. The predicted octanol–water partition coefficient (Wildman–Crippen LogP) is 2.70. The second kappa shape index (κ2) is 6.24. The number of fused-ring (bicyclic) bond motifs is 1. The van der Waals surface area contributed by atoms with Gasteiger partial charge < -0.3 is 14.9 Å². The number of carboxylic acid groups (broad SMARTS) is 1. The Bertz CT molecular complexity index is 410. The Morgan fingerprint density at radius 3 is 2.38 bits per heavy atom. The highest BCUT2D eigenvalue weighted by molar-refractivity contribution is 5.77. The van der Waals surface area contributed by atoms with Crippen LogP contribution >= 0.6 is 0 Å². The third-order valence-corrected chi connectivity index (χ3v) is 5.52. The molecule has 21 heavy (non-hydrogen) atoms. The number of likely N-dealkylation sites (tertiary alicyclic amines) is 2. The molecule has 3 aliphatic rings. The van der Waals surface area contributed by atoms with E-state index in [1.807, 2.05) is 4.90 Å². The van der Waals surface area contributed by atoms with Crippen LogP contribution in [0.5, 0.6) is 0 Å². The molecule has 0 bridgehead atoms. The molecule has 1 N–H and O–H groups in total. The maximum atomic E-state index is 12.9. The minimum Gasteiger partial charge on any atom is -0.481 e. The van der Waals surface area contributed by atoms with Gasteiger partial charge in [-0.05, 0) is 44.4 Å². The fourth-order valence-corrected chi connectivity index (χ4v) is 4.53. The Kier molecular flexibility index (Phi) is 4.36. The molecule has 2 amide bonds. The molecule has 2 saturated heterocycles. The van der Waals surface area contributed by atoms with E-state index in [0.29, 0.717) is 12.0 Å². The number of nitrogens with zero attached hydrogens (tertiary/aromatic N) is 2. The van der Waals surface area contributed by atoms with Crippen molar-refractivity contribution in [2.24, 2.45) is 5.92 Å². The van der Waals surface area contributed by atoms with Crippen molar-refractivity contribution in [1.82, 2.24) is 9.80 Å². The average molecular weight is 294 g/mol. The Balaban J connectivity index is 1.69. The molecule has 0 radical (unpaired) electrons. The number of carbonyl (C=O) groups is 2. The molecule has 3 atom stereocenters. The summed E-state index contributed by atoms with van der Waals surface area (Å²) in [6.45, 7) is 1.58. The van der Waals surface area contributed by atoms with E-state index < -0.39 is 5.97 Å². The van der Waals surface area contributed by atoms with Crippen LogP contribution in [0.4, 0.5) is 4.79 Å². The highest BCUT2D eigenvalue weighted by atomic mass is 16.4. The highest BCUT2D eigenvalue weighted by Gasteiger charge is 2.40. The number of amides is 2. The van der Waals surface area contributed by atoms with Gasteiger partial charge in [0.1, 0.15) is 0 Å². The molecule has 5 heteroatoms. The number of carboxylic acids is 1. The summed E-state index contributed by atoms with van der Waals surface area (Å²) in [5.74, 6) is -0.120. The lowest BCUT2D eigenvalue weighted by Crippen LogP contribution is -2.55. The topological polar surface area (TPSA) is 60.9 Å². The van der Waals surface area contributed by atoms with E-state index in [4.69, 9.17) is 5.11 Å². The lowest BCUT2D eigenvalue weighted by atomic mass is 9.78. The minimum atomic E-state index is -0.797. The van der Waals surface area contributed by atoms with Gasteiger partial charge in [-0.15, -0.1) is 0 Å². The molecule has 2 aliphatic heterocycles. The molecule has 0 spiro atoms. The summed E-state index contributed by atoms with van der Waals surface area (Å²) >= 11 is 0. The van der Waals surface area contributed by atoms with Gasteiger partial charge in [0.15, 0.2) is 0 Å². The van der Waals surface area contributed by atoms with Crippen molar-refractivity contribution in [3.05, 3.63) is 0 Å². The van der Waals surface area contributed by atoms with Crippen LogP contribution < -0.4 is 0 Å². The number of rotatable bonds is 2. The number of urea groups is 1. The van der Waals surface area contributed by atoms with E-state index in [2.05, 4.69) is 4.90 Å². The molecule has 0 aromatic carbocycles. The normalized spacial score (nSPS) is 32.9. The summed E-state index contributed by atoms with van der Waals surface area (Å²) in [6, 6.07) is 0.417. The summed E-state index contributed by atoms with van der Waals surface area (Å²) in [5, 5.41) is 9.02. The average Bonchev–Trinajstić information content (AvgIpc) is 2.93. The maximum Gasteiger partial charge on any atom is 0.320 e. The minimum absolute atomic E-state index is 0.0909. The largest absolute Gasteiger partial charge is 0.481 e. The van der Waals surface area contributed by atoms with Crippen molar-refractivity contribution in [2.75, 3.05) is 13.1 Å². The first-order chi connectivity index (χ1) is 10.2. The monoisotopic (exact) mass is 294 g/mol. The van der Waals surface area contributed by atoms with Crippen LogP contribution in [0.1, 0.15) is 57.8 Å². The Morgan fingerprint density at radius 2 is 1.57 bits per heavy atom. The molecule has 3 rings (SSSR count). The first kappa shape index (κ1) is 14.7. The summed E-state index contributed by atoms with van der Waals surface area (Å²) in [4.78, 5) is 27.8. The molecule has 1 aliphatic carbocycles. The van der Waals surface area contributed by atoms with Crippen molar-refractivity contribution >= 4 is 12.0 Å². The molecule has 3 unspecified atom stereocenters. The van der Waals surface area contributed by atoms with Gasteiger partial charge >= 0.3 is 12.0 Å². The van der Waals surface area contributed by atoms with Crippen LogP contribution in [0.25, 0.3) is 0 Å². The number of piperidine rings is 1. The molecule has 0 aromatic heterocycles. The Labute approximate surface area is 126 Å². The Morgan fingerprint density at radius 1 is 0.905 bits per heavy atom. The van der Waals surface area contributed by atoms with Crippen LogP contribution in [0.2, 0.25) is 0 Å². The van der Waals surface area contributed by atoms with Crippen LogP contribution in [-0.4, -0.2) is 52.1 Å². The van der Waals surface area contributed by atoms with Gasteiger partial charge in [0.25, 0.3) is 0 Å². The van der Waals surface area contributed by atoms with Gasteiger partial charge in [-0.3, -0.25) is 4.79 Å². The van der Waals surface area contributed by atoms with E-state index in [0.717, 1.165) is 38.8 Å². The molecule has 118 valence electrons. The number of carbonyl (C=O) groups excluding carboxylic acids is 1. The SMILES string of the molecule is O=C(O)CC1CCCN1C(=O)N1CCCC2CCCCC21. The summed E-state index contributed by atoms with van der Waals surface area (Å²) in [5.41, 5.74) is 0. The third kappa shape index (κ3) is 3.01. The van der Waals surface area contributed by atoms with Crippen LogP contribution in [0.3, 0.4) is 0 Å². The zero-order valence-electron chi connectivity index (χ0n) is 12.7. The fourth-order valence-electron chi connectivity index (χ4n) is 4.53. The predicted molar refractivity (Wildman–Crippen MR) is 79.1 cm³/mol. The second-order valence-corrected chi connectivity index (χ2v) is 6.82. The number of hydrogen-bond acceptors (Lipinski definition) is 2. The highest BCUT2D eigenvalue weighted by Crippen LogP contribution is 2.36. The number of hydrogen-bond donors (Lipinski definition) is 1. The van der Waals surface area contributed by atoms with Gasteiger partial charge in [0.2, 0.25) is 0 Å². The lowest BCUT2D eigenvalue weighted by molar-refractivity contribution is -0.138. The van der Waals surface area contributed by atoms with E-state index in [9.17, 15) is 9.59 Å². The van der Waals surface area contributed by atoms with Gasteiger partial charge in [-0.1, -0.05) is 12.8 Å². The van der Waals surface area contributed by atoms with Crippen molar-refractivity contribution in [3.8, 4) is 0 Å². The van der Waals surface area contributed by atoms with Gasteiger partial charge in [0, 0.05) is 25.2 Å². The molecule has 2 heterocycles. The summed E-state index contributed by atoms with van der Waals surface area (Å²) < 4.78 is 0. The molecule has 1 saturated carbocycles. The summed E-state index contributed by atoms with van der Waals surface area (Å²) in [6.07, 6.45) is 9.13. The third-order valence-electron chi connectivity index (χ3n) is 5.52. The smallest absolute Gasteiger partial charge is 0.320 e. The molecule has 5 nitrogen and oxygen atoms in total. The Hall–Kier alpha value is -1.26. The van der Waals surface area contributed by atoms with Crippen molar-refractivity contribution in [1.29, 1.82) is 0 Å². The van der Waals surface area contributed by atoms with Gasteiger partial charge in [-0.2, -0.15) is 0 Å². The van der Waals surface area contributed by atoms with Gasteiger partial charge in [-0.25, -0.2) is 4.79 Å². The standard InChI is InChI=1S/C16H26N2O3/c19-15(20)11-13-7-4-9-17(13)16(21)18-10-3-6-12-5-1-2-8-14(12)18/h12-14H,1-11H2,(H,19,20). The molecule has 3 fully saturated rings. The quantitative estimate of drug-likeness (QED) is 0.851. The van der Waals surface area contributed by atoms with Crippen molar-refractivity contribution in [3.63, 3.8) is 0 Å². The lowest BCUT2D eigenvalue weighted by Gasteiger charge is -2.45. The molecular weight excluding hydrogens is 268 g/mol. The zero-order valence-corrected chi connectivity index (χ0v) is 12.7. The van der Waals surface area contributed by atoms with Crippen LogP contribution in [0, 0.1) is 5.92 Å². The van der Waals surface area contributed by atoms with E-state index >= 15 is 0 Å². The van der Waals surface area contributed by atoms with E-state index in [-0.39, 0.29) is 18.5 Å².